The summed E-state index contributed by atoms with van der Waals surface area (Å²) in [5.74, 6) is 1.62. The van der Waals surface area contributed by atoms with Gasteiger partial charge >= 0.3 is 0 Å². The molecule has 1 atom stereocenters. The molecule has 7 nitrogen and oxygen atoms in total. The van der Waals surface area contributed by atoms with Gasteiger partial charge in [0.25, 0.3) is 0 Å². The van der Waals surface area contributed by atoms with Crippen LogP contribution in [0.25, 0.3) is 5.82 Å². The maximum absolute atomic E-state index is 13.3. The number of aromatic nitrogens is 3. The highest BCUT2D eigenvalue weighted by molar-refractivity contribution is 5.79. The monoisotopic (exact) mass is 396 g/mol. The molecule has 1 aromatic carbocycles. The molecule has 3 rings (SSSR count). The van der Waals surface area contributed by atoms with Gasteiger partial charge in [0.1, 0.15) is 17.7 Å². The molecule has 3 aromatic rings. The minimum absolute atomic E-state index is 0.109. The summed E-state index contributed by atoms with van der Waals surface area (Å²) in [4.78, 5) is 8.58. The molecule has 0 saturated heterocycles. The normalized spacial score (nSPS) is 12.4. The van der Waals surface area contributed by atoms with Gasteiger partial charge in [0.05, 0.1) is 6.54 Å². The summed E-state index contributed by atoms with van der Waals surface area (Å²) in [6.07, 6.45) is 5.99. The minimum atomic E-state index is -0.311. The number of hydrogen-bond donors (Lipinski definition) is 2. The molecular weight excluding hydrogens is 371 g/mol. The van der Waals surface area contributed by atoms with E-state index in [0.29, 0.717) is 24.8 Å². The Labute approximate surface area is 169 Å². The third-order valence-corrected chi connectivity index (χ3v) is 4.28. The van der Waals surface area contributed by atoms with E-state index in [0.717, 1.165) is 17.8 Å². The smallest absolute Gasteiger partial charge is 0.191 e. The molecule has 0 bridgehead atoms. The summed E-state index contributed by atoms with van der Waals surface area (Å²) in [7, 11) is 1.71. The van der Waals surface area contributed by atoms with Crippen molar-refractivity contribution in [2.24, 2.45) is 4.99 Å². The van der Waals surface area contributed by atoms with E-state index >= 15 is 0 Å². The van der Waals surface area contributed by atoms with Crippen LogP contribution in [0, 0.1) is 5.82 Å². The van der Waals surface area contributed by atoms with E-state index in [4.69, 9.17) is 4.74 Å². The van der Waals surface area contributed by atoms with Crippen molar-refractivity contribution in [1.29, 1.82) is 0 Å². The van der Waals surface area contributed by atoms with Crippen LogP contribution in [0.2, 0.25) is 0 Å². The summed E-state index contributed by atoms with van der Waals surface area (Å²) < 4.78 is 20.9. The van der Waals surface area contributed by atoms with Gasteiger partial charge in [-0.3, -0.25) is 4.99 Å². The number of hydrogen-bond acceptors (Lipinski definition) is 4. The van der Waals surface area contributed by atoms with Crippen molar-refractivity contribution in [2.75, 3.05) is 13.6 Å². The molecule has 0 fully saturated rings. The average molecular weight is 396 g/mol. The molecule has 152 valence electrons. The van der Waals surface area contributed by atoms with Crippen LogP contribution < -0.4 is 15.4 Å². The third-order valence-electron chi connectivity index (χ3n) is 4.28. The second-order valence-corrected chi connectivity index (χ2v) is 6.39. The first-order valence-corrected chi connectivity index (χ1v) is 9.49. The summed E-state index contributed by atoms with van der Waals surface area (Å²) in [5.41, 5.74) is 1.05. The van der Waals surface area contributed by atoms with Crippen molar-refractivity contribution < 1.29 is 9.13 Å². The first-order valence-electron chi connectivity index (χ1n) is 9.49. The molecule has 2 aromatic heterocycles. The number of rotatable bonds is 8. The lowest BCUT2D eigenvalue weighted by Gasteiger charge is -2.20. The summed E-state index contributed by atoms with van der Waals surface area (Å²) in [5, 5.41) is 10.7. The fourth-order valence-electron chi connectivity index (χ4n) is 2.72. The number of ether oxygens (including phenoxy) is 1. The Morgan fingerprint density at radius 2 is 2.10 bits per heavy atom. The SMILES string of the molecule is CCC(CNC(=NC)NCc1ccnc(-n2cccn2)c1)Oc1cccc(F)c1. The molecule has 2 heterocycles. The zero-order valence-electron chi connectivity index (χ0n) is 16.5. The predicted octanol–water partition coefficient (Wildman–Crippen LogP) is 2.93. The van der Waals surface area contributed by atoms with Crippen molar-refractivity contribution in [1.82, 2.24) is 25.4 Å². The van der Waals surface area contributed by atoms with Crippen molar-refractivity contribution >= 4 is 5.96 Å². The number of aliphatic imine (C=N–C) groups is 1. The number of pyridine rings is 1. The van der Waals surface area contributed by atoms with Gasteiger partial charge in [0.2, 0.25) is 0 Å². The van der Waals surface area contributed by atoms with Gasteiger partial charge in [-0.2, -0.15) is 5.10 Å². The molecule has 2 N–H and O–H groups in total. The van der Waals surface area contributed by atoms with Gasteiger partial charge in [-0.25, -0.2) is 14.1 Å². The second-order valence-electron chi connectivity index (χ2n) is 6.39. The van der Waals surface area contributed by atoms with Crippen LogP contribution in [0.4, 0.5) is 4.39 Å². The van der Waals surface area contributed by atoms with Crippen molar-refractivity contribution in [3.63, 3.8) is 0 Å². The standard InChI is InChI=1S/C21H25FN6O/c1-3-18(29-19-7-4-6-17(22)13-19)15-26-21(23-2)25-14-16-8-10-24-20(12-16)28-11-5-9-27-28/h4-13,18H,3,14-15H2,1-2H3,(H2,23,25,26). The largest absolute Gasteiger partial charge is 0.489 e. The van der Waals surface area contributed by atoms with Crippen molar-refractivity contribution in [3.05, 3.63) is 72.4 Å². The number of halogens is 1. The summed E-state index contributed by atoms with van der Waals surface area (Å²) >= 11 is 0. The van der Waals surface area contributed by atoms with E-state index < -0.39 is 0 Å². The van der Waals surface area contributed by atoms with Crippen molar-refractivity contribution in [3.8, 4) is 11.6 Å². The lowest BCUT2D eigenvalue weighted by molar-refractivity contribution is 0.199. The van der Waals surface area contributed by atoms with Gasteiger partial charge in [0, 0.05) is 38.2 Å². The third kappa shape index (κ3) is 6.03. The van der Waals surface area contributed by atoms with Gasteiger partial charge in [-0.05, 0) is 42.3 Å². The molecule has 0 spiro atoms. The van der Waals surface area contributed by atoms with Gasteiger partial charge < -0.3 is 15.4 Å². The molecule has 0 aliphatic rings. The first-order chi connectivity index (χ1) is 14.2. The molecule has 0 aliphatic carbocycles. The Bertz CT molecular complexity index is 928. The molecule has 1 unspecified atom stereocenters. The zero-order chi connectivity index (χ0) is 20.5. The molecule has 8 heteroatoms. The van der Waals surface area contributed by atoms with E-state index in [1.54, 1.807) is 36.3 Å². The van der Waals surface area contributed by atoms with Crippen LogP contribution in [0.3, 0.4) is 0 Å². The number of nitrogens with one attached hydrogen (secondary N) is 2. The van der Waals surface area contributed by atoms with Crippen LogP contribution in [0.15, 0.2) is 66.0 Å². The Kier molecular flexibility index (Phi) is 7.16. The zero-order valence-corrected chi connectivity index (χ0v) is 16.5. The maximum Gasteiger partial charge on any atom is 0.191 e. The molecule has 0 amide bonds. The highest BCUT2D eigenvalue weighted by atomic mass is 19.1. The summed E-state index contributed by atoms with van der Waals surface area (Å²) in [6.45, 7) is 3.15. The molecule has 0 saturated carbocycles. The Hall–Kier alpha value is -3.42. The fraction of sp³-hybridized carbons (Fsp3) is 0.286. The number of guanidine groups is 1. The molecular formula is C21H25FN6O. The van der Waals surface area contributed by atoms with Crippen LogP contribution in [-0.4, -0.2) is 40.4 Å². The molecule has 29 heavy (non-hydrogen) atoms. The highest BCUT2D eigenvalue weighted by Crippen LogP contribution is 2.14. The maximum atomic E-state index is 13.3. The van der Waals surface area contributed by atoms with Crippen LogP contribution >= 0.6 is 0 Å². The van der Waals surface area contributed by atoms with E-state index in [9.17, 15) is 4.39 Å². The molecule has 0 radical (unpaired) electrons. The van der Waals surface area contributed by atoms with E-state index in [-0.39, 0.29) is 11.9 Å². The average Bonchev–Trinajstić information content (AvgIpc) is 3.28. The predicted molar refractivity (Wildman–Crippen MR) is 111 cm³/mol. The van der Waals surface area contributed by atoms with E-state index in [1.807, 2.05) is 31.3 Å². The van der Waals surface area contributed by atoms with Gasteiger partial charge in [0.15, 0.2) is 11.8 Å². The lowest BCUT2D eigenvalue weighted by atomic mass is 10.2. The Morgan fingerprint density at radius 3 is 2.83 bits per heavy atom. The topological polar surface area (TPSA) is 76.4 Å². The van der Waals surface area contributed by atoms with Crippen LogP contribution in [0.1, 0.15) is 18.9 Å². The first kappa shape index (κ1) is 20.3. The number of benzene rings is 1. The van der Waals surface area contributed by atoms with Crippen molar-refractivity contribution in [2.45, 2.75) is 26.0 Å². The fourth-order valence-corrected chi connectivity index (χ4v) is 2.72. The second kappa shape index (κ2) is 10.2. The van der Waals surface area contributed by atoms with Crippen LogP contribution in [-0.2, 0) is 6.54 Å². The lowest BCUT2D eigenvalue weighted by Crippen LogP contribution is -2.42. The minimum Gasteiger partial charge on any atom is -0.489 e. The Morgan fingerprint density at radius 1 is 1.21 bits per heavy atom. The number of nitrogens with zero attached hydrogens (tertiary/aromatic N) is 4. The van der Waals surface area contributed by atoms with E-state index in [2.05, 4.69) is 25.7 Å². The van der Waals surface area contributed by atoms with Crippen LogP contribution in [0.5, 0.6) is 5.75 Å². The van der Waals surface area contributed by atoms with E-state index in [1.165, 1.54) is 12.1 Å². The Balaban J connectivity index is 1.52. The molecule has 0 aliphatic heterocycles. The quantitative estimate of drug-likeness (QED) is 0.452. The van der Waals surface area contributed by atoms with Gasteiger partial charge in [-0.1, -0.05) is 13.0 Å². The van der Waals surface area contributed by atoms with Gasteiger partial charge in [-0.15, -0.1) is 0 Å². The summed E-state index contributed by atoms with van der Waals surface area (Å²) in [6, 6.07) is 11.9. The highest BCUT2D eigenvalue weighted by Gasteiger charge is 2.10.